The molecule has 0 aromatic carbocycles. The zero-order chi connectivity index (χ0) is 15.8. The van der Waals surface area contributed by atoms with Crippen molar-refractivity contribution < 1.29 is 19.1 Å². The summed E-state index contributed by atoms with van der Waals surface area (Å²) in [6.45, 7) is 7.95. The SMILES string of the molecule is CCOC(=O)CC(Cc1cc(C)cc(C)n1)C(=O)OCC. The van der Waals surface area contributed by atoms with Crippen molar-refractivity contribution in [3.8, 4) is 0 Å². The predicted molar refractivity (Wildman–Crippen MR) is 78.8 cm³/mol. The summed E-state index contributed by atoms with van der Waals surface area (Å²) in [5.74, 6) is -1.33. The van der Waals surface area contributed by atoms with Crippen LogP contribution in [0.2, 0.25) is 0 Å². The molecule has 0 aliphatic carbocycles. The van der Waals surface area contributed by atoms with Gasteiger partial charge in [-0.25, -0.2) is 0 Å². The maximum absolute atomic E-state index is 12.0. The quantitative estimate of drug-likeness (QED) is 0.722. The van der Waals surface area contributed by atoms with E-state index in [1.807, 2.05) is 26.0 Å². The van der Waals surface area contributed by atoms with Gasteiger partial charge < -0.3 is 9.47 Å². The first-order valence-electron chi connectivity index (χ1n) is 7.22. The van der Waals surface area contributed by atoms with Gasteiger partial charge in [0.05, 0.1) is 25.6 Å². The second kappa shape index (κ2) is 8.39. The average molecular weight is 293 g/mol. The fourth-order valence-corrected chi connectivity index (χ4v) is 2.20. The number of ether oxygens (including phenoxy) is 2. The van der Waals surface area contributed by atoms with Crippen LogP contribution in [0.1, 0.15) is 37.2 Å². The number of carbonyl (C=O) groups is 2. The van der Waals surface area contributed by atoms with Crippen LogP contribution in [0, 0.1) is 19.8 Å². The lowest BCUT2D eigenvalue weighted by molar-refractivity contribution is -0.154. The lowest BCUT2D eigenvalue weighted by Crippen LogP contribution is -2.24. The molecule has 0 aliphatic rings. The lowest BCUT2D eigenvalue weighted by Gasteiger charge is -2.15. The van der Waals surface area contributed by atoms with Crippen LogP contribution >= 0.6 is 0 Å². The highest BCUT2D eigenvalue weighted by molar-refractivity contribution is 5.80. The second-order valence-electron chi connectivity index (χ2n) is 4.94. The summed E-state index contributed by atoms with van der Waals surface area (Å²) in [5, 5.41) is 0. The van der Waals surface area contributed by atoms with E-state index in [-0.39, 0.29) is 18.4 Å². The van der Waals surface area contributed by atoms with E-state index in [9.17, 15) is 9.59 Å². The van der Waals surface area contributed by atoms with E-state index in [4.69, 9.17) is 9.47 Å². The minimum absolute atomic E-state index is 0.0152. The Morgan fingerprint density at radius 2 is 1.81 bits per heavy atom. The van der Waals surface area contributed by atoms with Gasteiger partial charge in [-0.2, -0.15) is 0 Å². The summed E-state index contributed by atoms with van der Waals surface area (Å²) in [6, 6.07) is 3.89. The molecular formula is C16H23NO4. The topological polar surface area (TPSA) is 65.5 Å². The van der Waals surface area contributed by atoms with Crippen molar-refractivity contribution in [1.82, 2.24) is 4.98 Å². The minimum atomic E-state index is -0.558. The zero-order valence-electron chi connectivity index (χ0n) is 13.1. The van der Waals surface area contributed by atoms with E-state index in [0.717, 1.165) is 17.0 Å². The second-order valence-corrected chi connectivity index (χ2v) is 4.94. The van der Waals surface area contributed by atoms with Crippen molar-refractivity contribution in [2.75, 3.05) is 13.2 Å². The number of rotatable bonds is 7. The van der Waals surface area contributed by atoms with E-state index in [1.54, 1.807) is 13.8 Å². The maximum Gasteiger partial charge on any atom is 0.309 e. The van der Waals surface area contributed by atoms with Crippen LogP contribution in [0.15, 0.2) is 12.1 Å². The zero-order valence-corrected chi connectivity index (χ0v) is 13.1. The molecule has 0 aliphatic heterocycles. The monoisotopic (exact) mass is 293 g/mol. The van der Waals surface area contributed by atoms with Crippen molar-refractivity contribution in [3.63, 3.8) is 0 Å². The molecule has 0 fully saturated rings. The van der Waals surface area contributed by atoms with Gasteiger partial charge in [-0.3, -0.25) is 14.6 Å². The van der Waals surface area contributed by atoms with Crippen molar-refractivity contribution in [2.45, 2.75) is 40.5 Å². The third-order valence-electron chi connectivity index (χ3n) is 2.94. The Hall–Kier alpha value is -1.91. The van der Waals surface area contributed by atoms with Crippen LogP contribution in [0.25, 0.3) is 0 Å². The molecule has 1 unspecified atom stereocenters. The highest BCUT2D eigenvalue weighted by Crippen LogP contribution is 2.16. The Bertz CT molecular complexity index is 479. The first kappa shape index (κ1) is 17.1. The summed E-state index contributed by atoms with van der Waals surface area (Å²) >= 11 is 0. The summed E-state index contributed by atoms with van der Waals surface area (Å²) in [4.78, 5) is 28.0. The molecule has 5 nitrogen and oxygen atoms in total. The minimum Gasteiger partial charge on any atom is -0.466 e. The Morgan fingerprint density at radius 1 is 1.14 bits per heavy atom. The van der Waals surface area contributed by atoms with E-state index < -0.39 is 5.92 Å². The Labute approximate surface area is 125 Å². The van der Waals surface area contributed by atoms with Gasteiger partial charge in [0, 0.05) is 17.8 Å². The third-order valence-corrected chi connectivity index (χ3v) is 2.94. The number of pyridine rings is 1. The number of esters is 2. The van der Waals surface area contributed by atoms with Crippen molar-refractivity contribution >= 4 is 11.9 Å². The van der Waals surface area contributed by atoms with Crippen molar-refractivity contribution in [2.24, 2.45) is 5.92 Å². The smallest absolute Gasteiger partial charge is 0.309 e. The van der Waals surface area contributed by atoms with Gasteiger partial charge in [0.25, 0.3) is 0 Å². The van der Waals surface area contributed by atoms with Gasteiger partial charge in [0.15, 0.2) is 0 Å². The molecule has 5 heteroatoms. The standard InChI is InChI=1S/C16H23NO4/c1-5-20-15(18)10-13(16(19)21-6-2)9-14-8-11(3)7-12(4)17-14/h7-8,13H,5-6,9-10H2,1-4H3. The largest absolute Gasteiger partial charge is 0.466 e. The molecule has 0 bridgehead atoms. The fourth-order valence-electron chi connectivity index (χ4n) is 2.20. The molecule has 0 N–H and O–H groups in total. The van der Waals surface area contributed by atoms with Gasteiger partial charge in [-0.05, 0) is 45.4 Å². The molecule has 0 spiro atoms. The molecule has 0 radical (unpaired) electrons. The van der Waals surface area contributed by atoms with Crippen LogP contribution in [0.5, 0.6) is 0 Å². The highest BCUT2D eigenvalue weighted by atomic mass is 16.5. The van der Waals surface area contributed by atoms with Gasteiger partial charge in [0.2, 0.25) is 0 Å². The molecule has 21 heavy (non-hydrogen) atoms. The molecule has 1 aromatic rings. The van der Waals surface area contributed by atoms with Crippen LogP contribution in [0.4, 0.5) is 0 Å². The molecule has 0 amide bonds. The summed E-state index contributed by atoms with van der Waals surface area (Å²) in [5.41, 5.74) is 2.76. The first-order valence-corrected chi connectivity index (χ1v) is 7.22. The lowest BCUT2D eigenvalue weighted by atomic mass is 9.98. The molecule has 1 rings (SSSR count). The molecule has 0 saturated heterocycles. The Morgan fingerprint density at radius 3 is 2.38 bits per heavy atom. The number of hydrogen-bond donors (Lipinski definition) is 0. The summed E-state index contributed by atoms with van der Waals surface area (Å²) in [7, 11) is 0. The normalized spacial score (nSPS) is 11.8. The van der Waals surface area contributed by atoms with Crippen LogP contribution in [-0.2, 0) is 25.5 Å². The number of nitrogens with zero attached hydrogens (tertiary/aromatic N) is 1. The van der Waals surface area contributed by atoms with Crippen LogP contribution in [0.3, 0.4) is 0 Å². The molecule has 116 valence electrons. The molecule has 1 aromatic heterocycles. The summed E-state index contributed by atoms with van der Waals surface area (Å²) in [6.07, 6.45) is 0.390. The summed E-state index contributed by atoms with van der Waals surface area (Å²) < 4.78 is 9.96. The van der Waals surface area contributed by atoms with Crippen molar-refractivity contribution in [3.05, 3.63) is 29.1 Å². The van der Waals surface area contributed by atoms with E-state index in [1.165, 1.54) is 0 Å². The van der Waals surface area contributed by atoms with Gasteiger partial charge >= 0.3 is 11.9 Å². The number of carbonyl (C=O) groups excluding carboxylic acids is 2. The molecule has 1 atom stereocenters. The van der Waals surface area contributed by atoms with Crippen LogP contribution < -0.4 is 0 Å². The predicted octanol–water partition coefficient (Wildman–Crippen LogP) is 2.37. The average Bonchev–Trinajstić information content (AvgIpc) is 2.37. The van der Waals surface area contributed by atoms with Crippen molar-refractivity contribution in [1.29, 1.82) is 0 Å². The Balaban J connectivity index is 2.85. The Kier molecular flexibility index (Phi) is 6.85. The number of hydrogen-bond acceptors (Lipinski definition) is 5. The van der Waals surface area contributed by atoms with Gasteiger partial charge in [-0.15, -0.1) is 0 Å². The fraction of sp³-hybridized carbons (Fsp3) is 0.562. The molecular weight excluding hydrogens is 270 g/mol. The van der Waals surface area contributed by atoms with Crippen LogP contribution in [-0.4, -0.2) is 30.1 Å². The molecule has 0 saturated carbocycles. The maximum atomic E-state index is 12.0. The van der Waals surface area contributed by atoms with E-state index in [2.05, 4.69) is 4.98 Å². The third kappa shape index (κ3) is 5.94. The van der Waals surface area contributed by atoms with Gasteiger partial charge in [0.1, 0.15) is 0 Å². The number of aryl methyl sites for hydroxylation is 2. The van der Waals surface area contributed by atoms with E-state index in [0.29, 0.717) is 19.6 Å². The van der Waals surface area contributed by atoms with Gasteiger partial charge in [-0.1, -0.05) is 0 Å². The molecule has 1 heterocycles. The highest BCUT2D eigenvalue weighted by Gasteiger charge is 2.25. The van der Waals surface area contributed by atoms with E-state index >= 15 is 0 Å². The first-order chi connectivity index (χ1) is 9.96. The number of aromatic nitrogens is 1.